The second kappa shape index (κ2) is 15.7. The summed E-state index contributed by atoms with van der Waals surface area (Å²) in [5, 5.41) is 0. The maximum atomic E-state index is 12.6. The first kappa shape index (κ1) is 30.8. The van der Waals surface area contributed by atoms with Crippen LogP contribution >= 0.6 is 0 Å². The Bertz CT molecular complexity index is 920. The van der Waals surface area contributed by atoms with Crippen LogP contribution < -0.4 is 34.3 Å². The average Bonchev–Trinajstić information content (AvgIpc) is 3.02. The minimum absolute atomic E-state index is 0. The van der Waals surface area contributed by atoms with Gasteiger partial charge in [-0.3, -0.25) is 14.5 Å². The van der Waals surface area contributed by atoms with Crippen molar-refractivity contribution < 1.29 is 61.6 Å². The van der Waals surface area contributed by atoms with Crippen molar-refractivity contribution in [3.8, 4) is 5.75 Å². The van der Waals surface area contributed by atoms with Crippen molar-refractivity contribution in [3.05, 3.63) is 24.3 Å². The minimum atomic E-state index is -4.84. The Kier molecular flexibility index (Phi) is 14.2. The first-order chi connectivity index (χ1) is 15.7. The quantitative estimate of drug-likeness (QED) is 0.0880. The van der Waals surface area contributed by atoms with Crippen LogP contribution in [0.25, 0.3) is 0 Å². The van der Waals surface area contributed by atoms with Gasteiger partial charge in [0.05, 0.1) is 4.90 Å². The van der Waals surface area contributed by atoms with Gasteiger partial charge in [0.1, 0.15) is 22.4 Å². The van der Waals surface area contributed by atoms with Crippen LogP contribution in [-0.2, 0) is 24.5 Å². The van der Waals surface area contributed by atoms with Crippen LogP contribution in [0, 0.1) is 5.92 Å². The van der Waals surface area contributed by atoms with Crippen LogP contribution in [0.2, 0.25) is 0 Å². The summed E-state index contributed by atoms with van der Waals surface area (Å²) in [6.45, 7) is 1.60. The molecule has 1 aromatic rings. The van der Waals surface area contributed by atoms with Gasteiger partial charge < -0.3 is 9.29 Å². The van der Waals surface area contributed by atoms with Gasteiger partial charge in [-0.25, -0.2) is 13.2 Å². The molecule has 0 saturated carbocycles. The molecule has 2 rings (SSSR count). The number of hydrogen-bond donors (Lipinski definition) is 0. The molecule has 0 spiro atoms. The molecule has 1 fully saturated rings. The molecule has 34 heavy (non-hydrogen) atoms. The van der Waals surface area contributed by atoms with Gasteiger partial charge in [-0.1, -0.05) is 83.3 Å². The smallest absolute Gasteiger partial charge is 0.744 e. The number of para-hydroxylation sites is 1. The average molecular weight is 504 g/mol. The Hall–Kier alpha value is -1.26. The van der Waals surface area contributed by atoms with Gasteiger partial charge in [0.25, 0.3) is 0 Å². The number of likely N-dealkylation sites (tertiary alicyclic amines) is 1. The maximum absolute atomic E-state index is 12.6. The zero-order valence-electron chi connectivity index (χ0n) is 20.3. The molecule has 0 aliphatic carbocycles. The molecule has 0 N–H and O–H groups in total. The van der Waals surface area contributed by atoms with Crippen LogP contribution in [-0.4, -0.2) is 42.2 Å². The van der Waals surface area contributed by atoms with Crippen LogP contribution in [0.3, 0.4) is 0 Å². The maximum Gasteiger partial charge on any atom is 1.00 e. The van der Waals surface area contributed by atoms with Gasteiger partial charge in [-0.2, -0.15) is 0 Å². The first-order valence-corrected chi connectivity index (χ1v) is 13.2. The Morgan fingerprint density at radius 3 is 2.15 bits per heavy atom. The van der Waals surface area contributed by atoms with Crippen molar-refractivity contribution in [1.82, 2.24) is 4.90 Å². The number of hydrogen-bond acceptors (Lipinski definition) is 7. The molecule has 184 valence electrons. The molecule has 0 aromatic heterocycles. The standard InChI is InChI=1S/C24H35NO7S.Na/c1-2-3-4-5-6-7-8-9-10-11-14-19-17-22(26)25(24(19)28)18-23(27)32-20-15-12-13-16-21(20)33(29,30)31;/h12-13,15-16,19H,2-11,14,17-18H2,1H3,(H,29,30,31);/q;+1/p-1. The van der Waals surface area contributed by atoms with E-state index in [-0.39, 0.29) is 36.0 Å². The minimum Gasteiger partial charge on any atom is -0.744 e. The summed E-state index contributed by atoms with van der Waals surface area (Å²) in [7, 11) is -4.84. The molecular formula is C24H34NNaO7S. The fraction of sp³-hybridized carbons (Fsp3) is 0.625. The number of unbranched alkanes of at least 4 members (excludes halogenated alkanes) is 9. The zero-order chi connectivity index (χ0) is 24.3. The number of benzene rings is 1. The van der Waals surface area contributed by atoms with Crippen molar-refractivity contribution in [2.24, 2.45) is 5.92 Å². The Labute approximate surface area is 224 Å². The summed E-state index contributed by atoms with van der Waals surface area (Å²) in [6.07, 6.45) is 12.5. The monoisotopic (exact) mass is 503 g/mol. The van der Waals surface area contributed by atoms with Crippen LogP contribution in [0.5, 0.6) is 5.75 Å². The summed E-state index contributed by atoms with van der Waals surface area (Å²) in [4.78, 5) is 37.2. The van der Waals surface area contributed by atoms with Gasteiger partial charge >= 0.3 is 35.5 Å². The molecular weight excluding hydrogens is 469 g/mol. The largest absolute Gasteiger partial charge is 1.00 e. The summed E-state index contributed by atoms with van der Waals surface area (Å²) in [5.41, 5.74) is 0. The van der Waals surface area contributed by atoms with Gasteiger partial charge in [0.2, 0.25) is 11.8 Å². The fourth-order valence-corrected chi connectivity index (χ4v) is 4.65. The van der Waals surface area contributed by atoms with E-state index in [9.17, 15) is 27.4 Å². The molecule has 8 nitrogen and oxygen atoms in total. The number of carbonyl (C=O) groups excluding carboxylic acids is 3. The predicted octanol–water partition coefficient (Wildman–Crippen LogP) is 1.19. The second-order valence-corrected chi connectivity index (χ2v) is 9.91. The van der Waals surface area contributed by atoms with Gasteiger partial charge in [0.15, 0.2) is 0 Å². The van der Waals surface area contributed by atoms with Gasteiger partial charge in [0, 0.05) is 12.3 Å². The molecule has 1 saturated heterocycles. The SMILES string of the molecule is CCCCCCCCCCCCC1CC(=O)N(CC(=O)Oc2ccccc2S(=O)(=O)[O-])C1=O.[Na+]. The molecule has 2 amide bonds. The third-order valence-corrected chi connectivity index (χ3v) is 6.75. The van der Waals surface area contributed by atoms with Crippen LogP contribution in [0.15, 0.2) is 29.2 Å². The van der Waals surface area contributed by atoms with E-state index in [0.29, 0.717) is 6.42 Å². The Morgan fingerprint density at radius 2 is 1.56 bits per heavy atom. The normalized spacial score (nSPS) is 15.9. The van der Waals surface area contributed by atoms with Crippen molar-refractivity contribution in [2.75, 3.05) is 6.54 Å². The third kappa shape index (κ3) is 10.2. The zero-order valence-corrected chi connectivity index (χ0v) is 23.1. The molecule has 0 radical (unpaired) electrons. The molecule has 0 bridgehead atoms. The van der Waals surface area contributed by atoms with Gasteiger partial charge in [-0.15, -0.1) is 0 Å². The molecule has 1 aliphatic heterocycles. The van der Waals surface area contributed by atoms with E-state index in [2.05, 4.69) is 6.92 Å². The van der Waals surface area contributed by atoms with E-state index in [1.807, 2.05) is 0 Å². The predicted molar refractivity (Wildman–Crippen MR) is 121 cm³/mol. The number of rotatable bonds is 15. The number of imide groups is 1. The molecule has 1 atom stereocenters. The van der Waals surface area contributed by atoms with E-state index in [1.165, 1.54) is 63.1 Å². The number of carbonyl (C=O) groups is 3. The van der Waals surface area contributed by atoms with Crippen molar-refractivity contribution in [3.63, 3.8) is 0 Å². The van der Waals surface area contributed by atoms with E-state index in [1.54, 1.807) is 0 Å². The Balaban J connectivity index is 0.00000578. The van der Waals surface area contributed by atoms with Crippen LogP contribution in [0.1, 0.15) is 84.0 Å². The molecule has 1 unspecified atom stereocenters. The van der Waals surface area contributed by atoms with Gasteiger partial charge in [-0.05, 0) is 18.6 Å². The summed E-state index contributed by atoms with van der Waals surface area (Å²) in [5.74, 6) is -2.68. The topological polar surface area (TPSA) is 121 Å². The van der Waals surface area contributed by atoms with Crippen LogP contribution in [0.4, 0.5) is 0 Å². The van der Waals surface area contributed by atoms with Crippen molar-refractivity contribution in [2.45, 2.75) is 88.9 Å². The first-order valence-electron chi connectivity index (χ1n) is 11.8. The number of amides is 2. The van der Waals surface area contributed by atoms with E-state index in [0.717, 1.165) is 30.2 Å². The summed E-state index contributed by atoms with van der Waals surface area (Å²) < 4.78 is 38.9. The second-order valence-electron chi connectivity index (χ2n) is 8.56. The summed E-state index contributed by atoms with van der Waals surface area (Å²) in [6, 6.07) is 4.93. The molecule has 1 heterocycles. The van der Waals surface area contributed by atoms with E-state index >= 15 is 0 Å². The fourth-order valence-electron chi connectivity index (χ4n) is 4.05. The molecule has 1 aliphatic rings. The van der Waals surface area contributed by atoms with Crippen molar-refractivity contribution >= 4 is 27.9 Å². The molecule has 10 heteroatoms. The Morgan fingerprint density at radius 1 is 1.00 bits per heavy atom. The number of nitrogens with zero attached hydrogens (tertiary/aromatic N) is 1. The third-order valence-electron chi connectivity index (χ3n) is 5.87. The van der Waals surface area contributed by atoms with E-state index in [4.69, 9.17) is 4.74 Å². The number of ether oxygens (including phenoxy) is 1. The number of esters is 1. The van der Waals surface area contributed by atoms with Crippen molar-refractivity contribution in [1.29, 1.82) is 0 Å². The summed E-state index contributed by atoms with van der Waals surface area (Å²) >= 11 is 0. The molecule has 1 aromatic carbocycles. The van der Waals surface area contributed by atoms with E-state index < -0.39 is 51.0 Å².